The van der Waals surface area contributed by atoms with Crippen molar-refractivity contribution in [3.05, 3.63) is 29.8 Å². The Balaban J connectivity index is 1.78. The first-order valence-electron chi connectivity index (χ1n) is 8.92. The van der Waals surface area contributed by atoms with Gasteiger partial charge in [0.15, 0.2) is 0 Å². The molecule has 0 bridgehead atoms. The van der Waals surface area contributed by atoms with Gasteiger partial charge in [-0.15, -0.1) is 0 Å². The van der Waals surface area contributed by atoms with Crippen molar-refractivity contribution in [2.75, 3.05) is 38.6 Å². The summed E-state index contributed by atoms with van der Waals surface area (Å²) in [6.07, 6.45) is 4.14. The number of hydrogen-bond acceptors (Lipinski definition) is 3. The maximum atomic E-state index is 13.1. The summed E-state index contributed by atoms with van der Waals surface area (Å²) in [5.41, 5.74) is 1.37. The molecule has 1 aromatic rings. The molecular formula is C19H27N3O2. The van der Waals surface area contributed by atoms with Crippen LogP contribution in [0.3, 0.4) is 0 Å². The van der Waals surface area contributed by atoms with E-state index in [1.807, 2.05) is 36.2 Å². The van der Waals surface area contributed by atoms with Crippen molar-refractivity contribution in [2.45, 2.75) is 25.7 Å². The van der Waals surface area contributed by atoms with Crippen LogP contribution in [0.2, 0.25) is 0 Å². The predicted molar refractivity (Wildman–Crippen MR) is 95.1 cm³/mol. The van der Waals surface area contributed by atoms with Crippen LogP contribution in [-0.4, -0.2) is 50.4 Å². The molecule has 1 heterocycles. The third kappa shape index (κ3) is 3.61. The van der Waals surface area contributed by atoms with Gasteiger partial charge in [-0.3, -0.25) is 9.59 Å². The molecule has 0 radical (unpaired) electrons. The van der Waals surface area contributed by atoms with E-state index in [0.29, 0.717) is 11.5 Å². The van der Waals surface area contributed by atoms with Gasteiger partial charge < -0.3 is 15.1 Å². The second kappa shape index (κ2) is 7.34. The minimum absolute atomic E-state index is 0.0434. The zero-order valence-electron chi connectivity index (χ0n) is 14.6. The van der Waals surface area contributed by atoms with Gasteiger partial charge in [0.25, 0.3) is 5.91 Å². The fourth-order valence-electron chi connectivity index (χ4n) is 3.54. The first-order valence-corrected chi connectivity index (χ1v) is 8.92. The monoisotopic (exact) mass is 329 g/mol. The van der Waals surface area contributed by atoms with Gasteiger partial charge in [-0.05, 0) is 57.3 Å². The molecule has 1 aliphatic heterocycles. The molecule has 130 valence electrons. The molecule has 2 fully saturated rings. The van der Waals surface area contributed by atoms with Gasteiger partial charge >= 0.3 is 0 Å². The molecule has 3 rings (SSSR count). The van der Waals surface area contributed by atoms with E-state index in [-0.39, 0.29) is 17.7 Å². The summed E-state index contributed by atoms with van der Waals surface area (Å²) >= 11 is 0. The van der Waals surface area contributed by atoms with Gasteiger partial charge in [-0.1, -0.05) is 12.1 Å². The number of piperidine rings is 1. The molecule has 24 heavy (non-hydrogen) atoms. The van der Waals surface area contributed by atoms with Crippen LogP contribution in [0.25, 0.3) is 0 Å². The highest BCUT2D eigenvalue weighted by atomic mass is 16.2. The highest BCUT2D eigenvalue weighted by Gasteiger charge is 2.34. The number of para-hydroxylation sites is 1. The Morgan fingerprint density at radius 2 is 2.00 bits per heavy atom. The third-order valence-electron chi connectivity index (χ3n) is 5.05. The van der Waals surface area contributed by atoms with Gasteiger partial charge in [0.2, 0.25) is 5.91 Å². The predicted octanol–water partition coefficient (Wildman–Crippen LogP) is 2.13. The van der Waals surface area contributed by atoms with Gasteiger partial charge in [0.05, 0.1) is 11.3 Å². The van der Waals surface area contributed by atoms with Crippen LogP contribution in [0.4, 0.5) is 5.69 Å². The van der Waals surface area contributed by atoms with Crippen LogP contribution in [0.5, 0.6) is 0 Å². The Morgan fingerprint density at radius 1 is 1.25 bits per heavy atom. The normalized spacial score (nSPS) is 20.8. The lowest BCUT2D eigenvalue weighted by atomic mass is 9.97. The van der Waals surface area contributed by atoms with Crippen LogP contribution >= 0.6 is 0 Å². The lowest BCUT2D eigenvalue weighted by Crippen LogP contribution is -2.43. The van der Waals surface area contributed by atoms with E-state index in [9.17, 15) is 9.59 Å². The first kappa shape index (κ1) is 17.0. The number of hydrogen-bond donors (Lipinski definition) is 1. The molecule has 1 unspecified atom stereocenters. The molecule has 1 atom stereocenters. The molecule has 1 aliphatic carbocycles. The maximum absolute atomic E-state index is 13.1. The lowest BCUT2D eigenvalue weighted by Gasteiger charge is -2.33. The molecular weight excluding hydrogens is 302 g/mol. The minimum Gasteiger partial charge on any atom is -0.338 e. The van der Waals surface area contributed by atoms with Crippen LogP contribution in [0.1, 0.15) is 36.0 Å². The Hall–Kier alpha value is -1.88. The summed E-state index contributed by atoms with van der Waals surface area (Å²) in [6.45, 7) is 2.52. The minimum atomic E-state index is 0.0434. The maximum Gasteiger partial charge on any atom is 0.255 e. The second-order valence-electron chi connectivity index (χ2n) is 7.01. The number of anilines is 1. The van der Waals surface area contributed by atoms with Crippen molar-refractivity contribution < 1.29 is 9.59 Å². The average Bonchev–Trinajstić information content (AvgIpc) is 3.45. The van der Waals surface area contributed by atoms with Crippen molar-refractivity contribution in [2.24, 2.45) is 11.8 Å². The molecule has 5 heteroatoms. The summed E-state index contributed by atoms with van der Waals surface area (Å²) < 4.78 is 0. The van der Waals surface area contributed by atoms with E-state index in [0.717, 1.165) is 51.0 Å². The van der Waals surface area contributed by atoms with E-state index in [2.05, 4.69) is 5.32 Å². The number of benzene rings is 1. The average molecular weight is 329 g/mol. The number of nitrogens with zero attached hydrogens (tertiary/aromatic N) is 2. The summed E-state index contributed by atoms with van der Waals surface area (Å²) in [4.78, 5) is 29.0. The summed E-state index contributed by atoms with van der Waals surface area (Å²) in [5.74, 6) is 0.822. The SMILES string of the molecule is CNCC1CCCN(C(=O)c2ccccc2N(C)C(=O)C2CC2)C1. The molecule has 1 N–H and O–H groups in total. The van der Waals surface area contributed by atoms with Gasteiger partial charge in [-0.25, -0.2) is 0 Å². The molecule has 5 nitrogen and oxygen atoms in total. The van der Waals surface area contributed by atoms with Crippen molar-refractivity contribution in [3.63, 3.8) is 0 Å². The van der Waals surface area contributed by atoms with E-state index >= 15 is 0 Å². The highest BCUT2D eigenvalue weighted by Crippen LogP contribution is 2.33. The molecule has 1 saturated heterocycles. The van der Waals surface area contributed by atoms with Crippen molar-refractivity contribution in [1.29, 1.82) is 0 Å². The standard InChI is InChI=1S/C19H27N3O2/c1-20-12-14-6-5-11-22(13-14)19(24)16-7-3-4-8-17(16)21(2)18(23)15-9-10-15/h3-4,7-8,14-15,20H,5-6,9-13H2,1-2H3. The summed E-state index contributed by atoms with van der Waals surface area (Å²) in [6, 6.07) is 7.49. The number of amides is 2. The van der Waals surface area contributed by atoms with Crippen molar-refractivity contribution in [1.82, 2.24) is 10.2 Å². The van der Waals surface area contributed by atoms with Gasteiger partial charge in [0, 0.05) is 26.1 Å². The molecule has 1 aromatic carbocycles. The van der Waals surface area contributed by atoms with Crippen molar-refractivity contribution in [3.8, 4) is 0 Å². The first-order chi connectivity index (χ1) is 11.6. The number of likely N-dealkylation sites (tertiary alicyclic amines) is 1. The number of rotatable bonds is 5. The fraction of sp³-hybridized carbons (Fsp3) is 0.579. The molecule has 1 saturated carbocycles. The molecule has 0 spiro atoms. The Labute approximate surface area is 144 Å². The largest absolute Gasteiger partial charge is 0.338 e. The van der Waals surface area contributed by atoms with E-state index in [1.54, 1.807) is 11.9 Å². The summed E-state index contributed by atoms with van der Waals surface area (Å²) in [5, 5.41) is 3.21. The second-order valence-corrected chi connectivity index (χ2v) is 7.01. The summed E-state index contributed by atoms with van der Waals surface area (Å²) in [7, 11) is 3.74. The Morgan fingerprint density at radius 3 is 2.71 bits per heavy atom. The van der Waals surface area contributed by atoms with Crippen LogP contribution < -0.4 is 10.2 Å². The fourth-order valence-corrected chi connectivity index (χ4v) is 3.54. The van der Waals surface area contributed by atoms with Crippen LogP contribution in [0, 0.1) is 11.8 Å². The molecule has 0 aromatic heterocycles. The lowest BCUT2D eigenvalue weighted by molar-refractivity contribution is -0.119. The van der Waals surface area contributed by atoms with E-state index in [4.69, 9.17) is 0 Å². The smallest absolute Gasteiger partial charge is 0.255 e. The van der Waals surface area contributed by atoms with Gasteiger partial charge in [-0.2, -0.15) is 0 Å². The number of carbonyl (C=O) groups excluding carboxylic acids is 2. The van der Waals surface area contributed by atoms with E-state index < -0.39 is 0 Å². The zero-order valence-corrected chi connectivity index (χ0v) is 14.6. The Kier molecular flexibility index (Phi) is 5.19. The van der Waals surface area contributed by atoms with E-state index in [1.165, 1.54) is 0 Å². The number of nitrogens with one attached hydrogen (secondary N) is 1. The molecule has 2 aliphatic rings. The highest BCUT2D eigenvalue weighted by molar-refractivity contribution is 6.05. The Bertz CT molecular complexity index is 610. The molecule has 2 amide bonds. The van der Waals surface area contributed by atoms with Crippen LogP contribution in [-0.2, 0) is 4.79 Å². The topological polar surface area (TPSA) is 52.7 Å². The van der Waals surface area contributed by atoms with Crippen LogP contribution in [0.15, 0.2) is 24.3 Å². The quantitative estimate of drug-likeness (QED) is 0.900. The van der Waals surface area contributed by atoms with Gasteiger partial charge in [0.1, 0.15) is 0 Å². The third-order valence-corrected chi connectivity index (χ3v) is 5.05. The van der Waals surface area contributed by atoms with Crippen molar-refractivity contribution >= 4 is 17.5 Å². The number of carbonyl (C=O) groups is 2. The zero-order chi connectivity index (χ0) is 17.1.